The number of aromatic nitrogens is 3. The third kappa shape index (κ3) is 3.42. The Morgan fingerprint density at radius 3 is 3.00 bits per heavy atom. The molecule has 9 nitrogen and oxygen atoms in total. The average molecular weight is 383 g/mol. The zero-order valence-corrected chi connectivity index (χ0v) is 15.7. The first-order valence-electron chi connectivity index (χ1n) is 9.14. The van der Waals surface area contributed by atoms with Crippen LogP contribution in [0.15, 0.2) is 33.5 Å². The van der Waals surface area contributed by atoms with Crippen LogP contribution in [0.3, 0.4) is 0 Å². The van der Waals surface area contributed by atoms with E-state index in [4.69, 9.17) is 8.94 Å². The van der Waals surface area contributed by atoms with Gasteiger partial charge in [0.2, 0.25) is 0 Å². The number of aryl methyl sites for hydroxylation is 2. The van der Waals surface area contributed by atoms with Crippen LogP contribution in [-0.2, 0) is 26.4 Å². The molecule has 9 heteroatoms. The monoisotopic (exact) mass is 383 g/mol. The molecule has 0 aromatic carbocycles. The van der Waals surface area contributed by atoms with Crippen LogP contribution >= 0.6 is 0 Å². The molecule has 0 radical (unpaired) electrons. The van der Waals surface area contributed by atoms with Crippen molar-refractivity contribution in [2.24, 2.45) is 13.0 Å². The lowest BCUT2D eigenvalue weighted by Crippen LogP contribution is -2.27. The van der Waals surface area contributed by atoms with Crippen LogP contribution in [0.5, 0.6) is 0 Å². The van der Waals surface area contributed by atoms with Crippen LogP contribution in [0.25, 0.3) is 0 Å². The van der Waals surface area contributed by atoms with Gasteiger partial charge in [-0.3, -0.25) is 14.3 Å². The van der Waals surface area contributed by atoms with Crippen molar-refractivity contribution in [3.05, 3.63) is 53.1 Å². The number of carbonyl (C=O) groups excluding carboxylic acids is 2. The molecule has 0 fully saturated rings. The van der Waals surface area contributed by atoms with Gasteiger partial charge in [-0.2, -0.15) is 5.10 Å². The molecule has 1 aliphatic carbocycles. The lowest BCUT2D eigenvalue weighted by molar-refractivity contribution is 0.0939. The fourth-order valence-corrected chi connectivity index (χ4v) is 3.40. The van der Waals surface area contributed by atoms with Crippen LogP contribution in [0.4, 0.5) is 5.69 Å². The molecule has 0 saturated carbocycles. The van der Waals surface area contributed by atoms with Gasteiger partial charge in [-0.05, 0) is 30.9 Å². The average Bonchev–Trinajstić information content (AvgIpc) is 3.40. The molecule has 1 unspecified atom stereocenters. The number of hydrogen-bond acceptors (Lipinski definition) is 6. The van der Waals surface area contributed by atoms with Gasteiger partial charge in [-0.25, -0.2) is 0 Å². The maximum atomic E-state index is 12.8. The summed E-state index contributed by atoms with van der Waals surface area (Å²) in [5.74, 6) is 1.09. The molecule has 146 valence electrons. The van der Waals surface area contributed by atoms with Crippen LogP contribution in [-0.4, -0.2) is 26.8 Å². The van der Waals surface area contributed by atoms with Gasteiger partial charge >= 0.3 is 0 Å². The molecule has 0 spiro atoms. The number of anilines is 1. The number of rotatable bonds is 5. The number of furan rings is 1. The molecular formula is C19H21N5O4. The Kier molecular flexibility index (Phi) is 4.72. The molecule has 0 bridgehead atoms. The van der Waals surface area contributed by atoms with E-state index >= 15 is 0 Å². The van der Waals surface area contributed by atoms with Gasteiger partial charge in [0.15, 0.2) is 5.69 Å². The number of amides is 2. The summed E-state index contributed by atoms with van der Waals surface area (Å²) >= 11 is 0. The Bertz CT molecular complexity index is 1000. The van der Waals surface area contributed by atoms with E-state index in [0.29, 0.717) is 17.4 Å². The molecule has 2 amide bonds. The van der Waals surface area contributed by atoms with Gasteiger partial charge in [0.25, 0.3) is 11.8 Å². The summed E-state index contributed by atoms with van der Waals surface area (Å²) in [5.41, 5.74) is 1.67. The van der Waals surface area contributed by atoms with Crippen molar-refractivity contribution in [2.45, 2.75) is 32.7 Å². The van der Waals surface area contributed by atoms with Crippen molar-refractivity contribution < 1.29 is 18.5 Å². The smallest absolute Gasteiger partial charge is 0.278 e. The van der Waals surface area contributed by atoms with Gasteiger partial charge < -0.3 is 19.6 Å². The molecule has 3 heterocycles. The van der Waals surface area contributed by atoms with Gasteiger partial charge in [0.05, 0.1) is 24.7 Å². The number of carbonyl (C=O) groups is 2. The Hall–Kier alpha value is -3.36. The van der Waals surface area contributed by atoms with Crippen molar-refractivity contribution in [1.82, 2.24) is 20.3 Å². The van der Waals surface area contributed by atoms with Crippen molar-refractivity contribution >= 4 is 17.5 Å². The molecule has 1 aliphatic rings. The Morgan fingerprint density at radius 2 is 2.21 bits per heavy atom. The number of nitrogens with zero attached hydrogens (tertiary/aromatic N) is 3. The van der Waals surface area contributed by atoms with E-state index in [-0.39, 0.29) is 23.8 Å². The Balaban J connectivity index is 1.50. The molecule has 28 heavy (non-hydrogen) atoms. The van der Waals surface area contributed by atoms with Gasteiger partial charge in [-0.15, -0.1) is 0 Å². The van der Waals surface area contributed by atoms with Crippen molar-refractivity contribution in [3.8, 4) is 0 Å². The van der Waals surface area contributed by atoms with Crippen LogP contribution < -0.4 is 10.6 Å². The van der Waals surface area contributed by atoms with E-state index in [9.17, 15) is 9.59 Å². The summed E-state index contributed by atoms with van der Waals surface area (Å²) < 4.78 is 12.0. The predicted octanol–water partition coefficient (Wildman–Crippen LogP) is 2.31. The largest absolute Gasteiger partial charge is 0.467 e. The third-order valence-electron chi connectivity index (χ3n) is 4.91. The minimum absolute atomic E-state index is 0.235. The number of nitrogens with one attached hydrogen (secondary N) is 2. The van der Waals surface area contributed by atoms with Crippen molar-refractivity contribution in [2.75, 3.05) is 5.32 Å². The van der Waals surface area contributed by atoms with Crippen LogP contribution in [0.1, 0.15) is 51.4 Å². The van der Waals surface area contributed by atoms with Crippen LogP contribution in [0.2, 0.25) is 0 Å². The molecule has 0 saturated heterocycles. The zero-order chi connectivity index (χ0) is 19.7. The highest BCUT2D eigenvalue weighted by molar-refractivity contribution is 6.08. The van der Waals surface area contributed by atoms with Gasteiger partial charge in [-0.1, -0.05) is 12.1 Å². The lowest BCUT2D eigenvalue weighted by Gasteiger charge is -2.16. The standard InChI is InChI=1S/C19H21N5O4/c1-11-5-6-15-13(8-11)16(23-28-15)18(25)22-14-10-21-24(2)17(14)19(26)20-9-12-4-3-7-27-12/h3-4,7,10-11H,5-6,8-9H2,1-2H3,(H,20,26)(H,22,25). The molecule has 4 rings (SSSR count). The molecule has 1 atom stereocenters. The number of fused-ring (bicyclic) bond motifs is 1. The molecule has 0 aliphatic heterocycles. The van der Waals surface area contributed by atoms with E-state index in [1.807, 2.05) is 0 Å². The zero-order valence-electron chi connectivity index (χ0n) is 15.7. The molecular weight excluding hydrogens is 362 g/mol. The highest BCUT2D eigenvalue weighted by Gasteiger charge is 2.28. The molecule has 2 N–H and O–H groups in total. The summed E-state index contributed by atoms with van der Waals surface area (Å²) in [4.78, 5) is 25.4. The highest BCUT2D eigenvalue weighted by atomic mass is 16.5. The summed E-state index contributed by atoms with van der Waals surface area (Å²) in [6, 6.07) is 3.51. The second kappa shape index (κ2) is 7.34. The maximum Gasteiger partial charge on any atom is 0.278 e. The van der Waals surface area contributed by atoms with Gasteiger partial charge in [0.1, 0.15) is 17.2 Å². The SMILES string of the molecule is CC1CCc2onc(C(=O)Nc3cnn(C)c3C(=O)NCc3ccco3)c2C1. The second-order valence-corrected chi connectivity index (χ2v) is 7.03. The summed E-state index contributed by atoms with van der Waals surface area (Å²) in [7, 11) is 1.64. The van der Waals surface area contributed by atoms with Crippen molar-refractivity contribution in [3.63, 3.8) is 0 Å². The third-order valence-corrected chi connectivity index (χ3v) is 4.91. The highest BCUT2D eigenvalue weighted by Crippen LogP contribution is 2.28. The van der Waals surface area contributed by atoms with Gasteiger partial charge in [0, 0.05) is 19.0 Å². The van der Waals surface area contributed by atoms with Crippen molar-refractivity contribution in [1.29, 1.82) is 0 Å². The number of hydrogen-bond donors (Lipinski definition) is 2. The first kappa shape index (κ1) is 18.0. The fourth-order valence-electron chi connectivity index (χ4n) is 3.40. The maximum absolute atomic E-state index is 12.8. The Labute approximate surface area is 161 Å². The second-order valence-electron chi connectivity index (χ2n) is 7.03. The van der Waals surface area contributed by atoms with E-state index in [2.05, 4.69) is 27.8 Å². The normalized spacial score (nSPS) is 15.9. The first-order chi connectivity index (χ1) is 13.5. The minimum Gasteiger partial charge on any atom is -0.467 e. The molecule has 3 aromatic rings. The lowest BCUT2D eigenvalue weighted by atomic mass is 9.88. The summed E-state index contributed by atoms with van der Waals surface area (Å²) in [6.07, 6.45) is 5.53. The van der Waals surface area contributed by atoms with E-state index in [1.165, 1.54) is 17.1 Å². The van der Waals surface area contributed by atoms with Crippen LogP contribution in [0, 0.1) is 5.92 Å². The summed E-state index contributed by atoms with van der Waals surface area (Å²) in [6.45, 7) is 2.37. The summed E-state index contributed by atoms with van der Waals surface area (Å²) in [5, 5.41) is 13.5. The predicted molar refractivity (Wildman–Crippen MR) is 98.7 cm³/mol. The minimum atomic E-state index is -0.410. The molecule has 3 aromatic heterocycles. The van der Waals surface area contributed by atoms with E-state index < -0.39 is 5.91 Å². The van der Waals surface area contributed by atoms with E-state index in [0.717, 1.165) is 30.6 Å². The topological polar surface area (TPSA) is 115 Å². The quantitative estimate of drug-likeness (QED) is 0.699. The Morgan fingerprint density at radius 1 is 1.36 bits per heavy atom. The fraction of sp³-hybridized carbons (Fsp3) is 0.368. The first-order valence-corrected chi connectivity index (χ1v) is 9.14. The van der Waals surface area contributed by atoms with E-state index in [1.54, 1.807) is 19.2 Å².